The Morgan fingerprint density at radius 2 is 1.87 bits per heavy atom. The van der Waals surface area contributed by atoms with Crippen LogP contribution in [0.4, 0.5) is 0 Å². The lowest BCUT2D eigenvalue weighted by atomic mass is 10.0. The van der Waals surface area contributed by atoms with Gasteiger partial charge in [-0.05, 0) is 23.8 Å². The molecule has 2 aliphatic heterocycles. The Hall–Kier alpha value is -4.07. The molecule has 2 aromatic heterocycles. The molecule has 1 fully saturated rings. The van der Waals surface area contributed by atoms with Gasteiger partial charge in [-0.3, -0.25) is 24.1 Å². The van der Waals surface area contributed by atoms with E-state index in [0.29, 0.717) is 32.0 Å². The summed E-state index contributed by atoms with van der Waals surface area (Å²) in [5.74, 6) is -4.12. The van der Waals surface area contributed by atoms with E-state index in [0.717, 1.165) is 4.90 Å². The van der Waals surface area contributed by atoms with Crippen LogP contribution < -0.4 is 20.9 Å². The molecule has 0 spiro atoms. The van der Waals surface area contributed by atoms with E-state index in [-0.39, 0.29) is 30.2 Å². The number of nitrogens with two attached hydrogens (primary N) is 1. The molecule has 0 saturated carbocycles. The third-order valence-corrected chi connectivity index (χ3v) is 12.0. The number of β-lactam (4-membered cyclic amide) rings is 1. The lowest BCUT2D eigenvalue weighted by molar-refractivity contribution is -0.684. The van der Waals surface area contributed by atoms with Gasteiger partial charge >= 0.3 is 11.9 Å². The van der Waals surface area contributed by atoms with Crippen molar-refractivity contribution in [1.29, 1.82) is 0 Å². The molecule has 2 aliphatic rings. The van der Waals surface area contributed by atoms with Gasteiger partial charge in [0, 0.05) is 57.5 Å². The molecule has 52 heavy (non-hydrogen) atoms. The van der Waals surface area contributed by atoms with Crippen molar-refractivity contribution in [1.82, 2.24) is 25.5 Å². The fourth-order valence-corrected chi connectivity index (χ4v) is 8.93. The predicted molar refractivity (Wildman–Crippen MR) is 194 cm³/mol. The van der Waals surface area contributed by atoms with E-state index < -0.39 is 65.4 Å². The smallest absolute Gasteiger partial charge is 0.352 e. The van der Waals surface area contributed by atoms with Gasteiger partial charge in [-0.25, -0.2) is 14.6 Å². The quantitative estimate of drug-likeness (QED) is 0.0650. The Bertz CT molecular complexity index is 1900. The number of amides is 3. The summed E-state index contributed by atoms with van der Waals surface area (Å²) in [6, 6.07) is 5.00. The van der Waals surface area contributed by atoms with Crippen LogP contribution >= 0.6 is 58.5 Å². The average molecular weight is 810 g/mol. The van der Waals surface area contributed by atoms with E-state index in [1.165, 1.54) is 51.1 Å². The molecule has 1 aromatic carbocycles. The van der Waals surface area contributed by atoms with E-state index in [2.05, 4.69) is 20.6 Å². The number of nitrogens with zero attached hydrogens (tertiary/aromatic N) is 3. The number of ketones is 1. The first-order chi connectivity index (χ1) is 24.8. The minimum atomic E-state index is -1.46. The van der Waals surface area contributed by atoms with Gasteiger partial charge in [0.1, 0.15) is 23.2 Å². The molecular weight excluding hydrogens is 778 g/mol. The van der Waals surface area contributed by atoms with Crippen LogP contribution in [0.2, 0.25) is 10.0 Å². The normalized spacial score (nSPS) is 17.8. The topological polar surface area (TPSA) is 229 Å². The van der Waals surface area contributed by atoms with Crippen LogP contribution in [0, 0.1) is 0 Å². The van der Waals surface area contributed by atoms with Gasteiger partial charge < -0.3 is 31.6 Å². The molecule has 5 rings (SSSR count). The van der Waals surface area contributed by atoms with Crippen molar-refractivity contribution in [3.8, 4) is 0 Å². The highest BCUT2D eigenvalue weighted by Gasteiger charge is 2.54. The molecule has 4 heterocycles. The summed E-state index contributed by atoms with van der Waals surface area (Å²) in [7, 11) is 0. The fraction of sp³-hybridized carbons (Fsp3) is 0.312. The number of aromatic amines is 1. The maximum Gasteiger partial charge on any atom is 0.352 e. The molecule has 1 saturated heterocycles. The van der Waals surface area contributed by atoms with Gasteiger partial charge in [0.05, 0.1) is 28.8 Å². The summed E-state index contributed by atoms with van der Waals surface area (Å²) in [6.07, 6.45) is 5.86. The molecule has 1 unspecified atom stereocenters. The average Bonchev–Trinajstić information content (AvgIpc) is 3.62. The van der Waals surface area contributed by atoms with Crippen molar-refractivity contribution < 1.29 is 43.5 Å². The lowest BCUT2D eigenvalue weighted by Crippen LogP contribution is -2.70. The standard InChI is InChI=1S/C32H31Cl2N7O8S3/c33-17-1-2-20(34)24(7-17)51-14-26(44)39-27-29(45)41-28(32(48)49)16(13-52-30(27)41)12-50-19-3-5-40(6-4-19)11-25(43)38-22(31(46)47)9-23(42)21(35)8-18-10-36-15-37-18/h1-7,10,15,21-22,27,30H,8-9,11-14,35H2,(H4-,36,37,38,39,43,44,46,47,48,49)/p+1/t21-,22?,27-,30+/m0/s1. The van der Waals surface area contributed by atoms with E-state index in [9.17, 15) is 39.0 Å². The number of imidazole rings is 1. The van der Waals surface area contributed by atoms with Gasteiger partial charge in [0.25, 0.3) is 11.8 Å². The van der Waals surface area contributed by atoms with Crippen LogP contribution in [0.15, 0.2) is 76.3 Å². The highest BCUT2D eigenvalue weighted by molar-refractivity contribution is 8.01. The van der Waals surface area contributed by atoms with Crippen molar-refractivity contribution >= 4 is 93.9 Å². The van der Waals surface area contributed by atoms with Gasteiger partial charge in [-0.2, -0.15) is 4.57 Å². The number of fused-ring (bicyclic) bond motifs is 1. The molecule has 274 valence electrons. The first-order valence-electron chi connectivity index (χ1n) is 15.5. The van der Waals surface area contributed by atoms with E-state index in [4.69, 9.17) is 28.9 Å². The number of hydrogen-bond acceptors (Lipinski definition) is 11. The Labute approximate surface area is 319 Å². The predicted octanol–water partition coefficient (Wildman–Crippen LogP) is 1.73. The summed E-state index contributed by atoms with van der Waals surface area (Å²) in [5, 5.41) is 25.0. The third kappa shape index (κ3) is 9.87. The maximum absolute atomic E-state index is 13.1. The number of thioether (sulfide) groups is 3. The van der Waals surface area contributed by atoms with Crippen LogP contribution in [-0.4, -0.2) is 101 Å². The number of nitrogens with one attached hydrogen (secondary N) is 3. The molecule has 0 aliphatic carbocycles. The van der Waals surface area contributed by atoms with Crippen molar-refractivity contribution in [2.24, 2.45) is 5.73 Å². The Morgan fingerprint density at radius 1 is 1.12 bits per heavy atom. The number of carbonyl (C=O) groups is 6. The molecule has 20 heteroatoms. The van der Waals surface area contributed by atoms with Crippen molar-refractivity contribution in [2.75, 3.05) is 17.3 Å². The number of carboxylic acids is 2. The fourth-order valence-electron chi connectivity index (χ4n) is 5.26. The van der Waals surface area contributed by atoms with Crippen LogP contribution in [0.25, 0.3) is 0 Å². The van der Waals surface area contributed by atoms with Gasteiger partial charge in [0.15, 0.2) is 18.2 Å². The second-order valence-corrected chi connectivity index (χ2v) is 15.6. The summed E-state index contributed by atoms with van der Waals surface area (Å²) < 4.78 is 1.52. The zero-order valence-corrected chi connectivity index (χ0v) is 31.0. The zero-order valence-electron chi connectivity index (χ0n) is 27.0. The molecular formula is C32H32Cl2N7O8S3+. The van der Waals surface area contributed by atoms with Gasteiger partial charge in [0.2, 0.25) is 12.5 Å². The minimum Gasteiger partial charge on any atom is -0.480 e. The van der Waals surface area contributed by atoms with E-state index in [1.54, 1.807) is 48.9 Å². The van der Waals surface area contributed by atoms with Crippen molar-refractivity contribution in [3.63, 3.8) is 0 Å². The van der Waals surface area contributed by atoms with Crippen molar-refractivity contribution in [2.45, 2.75) is 52.7 Å². The summed E-state index contributed by atoms with van der Waals surface area (Å²) in [4.78, 5) is 84.3. The minimum absolute atomic E-state index is 0.0146. The Morgan fingerprint density at radius 3 is 2.54 bits per heavy atom. The molecule has 3 amide bonds. The number of benzene rings is 1. The summed E-state index contributed by atoms with van der Waals surface area (Å²) in [5.41, 5.74) is 6.89. The first-order valence-corrected chi connectivity index (χ1v) is 19.3. The number of pyridine rings is 1. The monoisotopic (exact) mass is 808 g/mol. The summed E-state index contributed by atoms with van der Waals surface area (Å²) in [6.45, 7) is -0.226. The second-order valence-electron chi connectivity index (χ2n) is 11.6. The number of halogens is 2. The SMILES string of the molecule is N[C@@H](Cc1c[nH]cn1)C(=O)CC(NC(=O)C[n+]1ccc(SCC2=C(C(=O)O)N3C(=O)[C@H](NC(=O)CSc4cc(Cl)ccc4Cl)[C@H]3SC2)cc1)C(=O)O. The Balaban J connectivity index is 1.11. The van der Waals surface area contributed by atoms with Crippen LogP contribution in [-0.2, 0) is 41.7 Å². The van der Waals surface area contributed by atoms with Gasteiger partial charge in [-0.1, -0.05) is 23.2 Å². The van der Waals surface area contributed by atoms with E-state index in [1.807, 2.05) is 0 Å². The Kier molecular flexibility index (Phi) is 13.3. The van der Waals surface area contributed by atoms with Crippen molar-refractivity contribution in [3.05, 3.63) is 82.3 Å². The van der Waals surface area contributed by atoms with Crippen LogP contribution in [0.5, 0.6) is 0 Å². The number of carboxylic acid groups (broad SMARTS) is 2. The number of aliphatic carboxylic acids is 2. The molecule has 0 radical (unpaired) electrons. The number of hydrogen-bond donors (Lipinski definition) is 6. The number of Topliss-reactive ketones (excluding diaryl/α,β-unsaturated/α-hetero) is 1. The molecule has 7 N–H and O–H groups in total. The number of carbonyl (C=O) groups excluding carboxylic acids is 4. The molecule has 0 bridgehead atoms. The lowest BCUT2D eigenvalue weighted by Gasteiger charge is -2.49. The highest BCUT2D eigenvalue weighted by atomic mass is 35.5. The highest BCUT2D eigenvalue weighted by Crippen LogP contribution is 2.41. The molecule has 15 nitrogen and oxygen atoms in total. The summed E-state index contributed by atoms with van der Waals surface area (Å²) >= 11 is 16.0. The zero-order chi connectivity index (χ0) is 37.5. The van der Waals surface area contributed by atoms with Crippen LogP contribution in [0.1, 0.15) is 12.1 Å². The second kappa shape index (κ2) is 17.6. The van der Waals surface area contributed by atoms with Gasteiger partial charge in [-0.15, -0.1) is 35.3 Å². The molecule has 3 aromatic rings. The first kappa shape index (κ1) is 39.1. The number of rotatable bonds is 17. The van der Waals surface area contributed by atoms with Crippen LogP contribution in [0.3, 0.4) is 0 Å². The third-order valence-electron chi connectivity index (χ3n) is 7.85. The van der Waals surface area contributed by atoms with E-state index >= 15 is 0 Å². The number of H-pyrrole nitrogens is 1. The largest absolute Gasteiger partial charge is 0.480 e. The molecule has 4 atom stereocenters. The number of aromatic nitrogens is 3. The maximum atomic E-state index is 13.1.